The van der Waals surface area contributed by atoms with Gasteiger partial charge in [0.25, 0.3) is 5.91 Å². The van der Waals surface area contributed by atoms with Crippen molar-refractivity contribution in [3.63, 3.8) is 0 Å². The lowest BCUT2D eigenvalue weighted by molar-refractivity contribution is 0.0767. The average Bonchev–Trinajstić information content (AvgIpc) is 3.46. The summed E-state index contributed by atoms with van der Waals surface area (Å²) < 4.78 is 21.7. The number of ether oxygens (including phenoxy) is 1. The van der Waals surface area contributed by atoms with Crippen LogP contribution in [-0.4, -0.2) is 33.5 Å². The van der Waals surface area contributed by atoms with Gasteiger partial charge in [0, 0.05) is 34.8 Å². The van der Waals surface area contributed by atoms with Gasteiger partial charge in [-0.3, -0.25) is 14.3 Å². The molecule has 0 spiro atoms. The molecule has 8 heteroatoms. The maximum atomic E-state index is 14.8. The third-order valence-corrected chi connectivity index (χ3v) is 6.15. The number of hydrogen-bond acceptors (Lipinski definition) is 5. The van der Waals surface area contributed by atoms with Crippen molar-refractivity contribution in [2.45, 2.75) is 39.3 Å². The highest BCUT2D eigenvalue weighted by Crippen LogP contribution is 2.42. The fourth-order valence-corrected chi connectivity index (χ4v) is 4.47. The monoisotopic (exact) mass is 405 g/mol. The Hall–Kier alpha value is -3.60. The van der Waals surface area contributed by atoms with Gasteiger partial charge in [-0.1, -0.05) is 0 Å². The van der Waals surface area contributed by atoms with E-state index in [2.05, 4.69) is 11.1 Å². The van der Waals surface area contributed by atoms with Crippen molar-refractivity contribution in [3.05, 3.63) is 46.0 Å². The highest BCUT2D eigenvalue weighted by molar-refractivity contribution is 6.11. The topological polar surface area (TPSA) is 97.2 Å². The molecular weight excluding hydrogens is 385 g/mol. The van der Waals surface area contributed by atoms with Gasteiger partial charge < -0.3 is 15.4 Å². The number of hydrogen-bond donors (Lipinski definition) is 1. The van der Waals surface area contributed by atoms with E-state index >= 15 is 0 Å². The molecule has 30 heavy (non-hydrogen) atoms. The van der Waals surface area contributed by atoms with Crippen LogP contribution in [0.15, 0.2) is 12.3 Å². The largest absolute Gasteiger partial charge is 0.496 e. The number of anilines is 1. The molecule has 2 aliphatic rings. The van der Waals surface area contributed by atoms with Gasteiger partial charge in [0.1, 0.15) is 29.0 Å². The molecule has 1 aliphatic carbocycles. The second kappa shape index (κ2) is 6.20. The van der Waals surface area contributed by atoms with Crippen LogP contribution in [0.1, 0.15) is 45.6 Å². The molecule has 1 aromatic carbocycles. The van der Waals surface area contributed by atoms with Gasteiger partial charge in [-0.2, -0.15) is 5.26 Å². The minimum Gasteiger partial charge on any atom is -0.496 e. The van der Waals surface area contributed by atoms with Gasteiger partial charge in [-0.15, -0.1) is 0 Å². The summed E-state index contributed by atoms with van der Waals surface area (Å²) in [4.78, 5) is 19.6. The number of benzene rings is 1. The number of amides is 1. The van der Waals surface area contributed by atoms with Crippen molar-refractivity contribution in [1.82, 2.24) is 14.5 Å². The fraction of sp³-hybridized carbons (Fsp3) is 0.318. The van der Waals surface area contributed by atoms with E-state index in [4.69, 9.17) is 10.5 Å². The molecule has 1 fully saturated rings. The Kier molecular flexibility index (Phi) is 3.81. The Balaban J connectivity index is 1.91. The maximum Gasteiger partial charge on any atom is 0.258 e. The number of halogens is 1. The molecule has 1 amide bonds. The molecule has 0 radical (unpaired) electrons. The molecule has 2 N–H and O–H groups in total. The summed E-state index contributed by atoms with van der Waals surface area (Å²) in [5, 5.41) is 10.3. The molecule has 5 rings (SSSR count). The fourth-order valence-electron chi connectivity index (χ4n) is 4.47. The summed E-state index contributed by atoms with van der Waals surface area (Å²) in [5.74, 6) is -0.0555. The molecule has 0 atom stereocenters. The summed E-state index contributed by atoms with van der Waals surface area (Å²) in [5.41, 5.74) is 9.72. The predicted octanol–water partition coefficient (Wildman–Crippen LogP) is 3.36. The highest BCUT2D eigenvalue weighted by Gasteiger charge is 2.41. The number of nitrogen functional groups attached to an aromatic ring is 1. The first-order valence-electron chi connectivity index (χ1n) is 9.75. The molecule has 3 heterocycles. The number of nitrogens with two attached hydrogens (primary N) is 1. The summed E-state index contributed by atoms with van der Waals surface area (Å²) in [7, 11) is 1.47. The Labute approximate surface area is 172 Å². The number of carbonyl (C=O) groups excluding carboxylic acids is 1. The van der Waals surface area contributed by atoms with Crippen molar-refractivity contribution < 1.29 is 13.9 Å². The van der Waals surface area contributed by atoms with E-state index in [-0.39, 0.29) is 23.3 Å². The highest BCUT2D eigenvalue weighted by atomic mass is 19.1. The zero-order valence-electron chi connectivity index (χ0n) is 16.9. The van der Waals surface area contributed by atoms with Crippen LogP contribution >= 0.6 is 0 Å². The number of fused-ring (bicyclic) bond motifs is 3. The Morgan fingerprint density at radius 2 is 2.07 bits per heavy atom. The van der Waals surface area contributed by atoms with Crippen molar-refractivity contribution in [2.75, 3.05) is 12.8 Å². The molecule has 7 nitrogen and oxygen atoms in total. The van der Waals surface area contributed by atoms with E-state index in [9.17, 15) is 14.4 Å². The van der Waals surface area contributed by atoms with Gasteiger partial charge in [0.2, 0.25) is 0 Å². The summed E-state index contributed by atoms with van der Waals surface area (Å²) in [6.07, 6.45) is 3.55. The maximum absolute atomic E-state index is 14.8. The van der Waals surface area contributed by atoms with Crippen molar-refractivity contribution in [1.29, 1.82) is 5.26 Å². The number of rotatable bonds is 3. The molecule has 1 saturated carbocycles. The van der Waals surface area contributed by atoms with E-state index in [1.165, 1.54) is 13.2 Å². The SMILES string of the molecule is COc1cc(F)c(C)c(-n2c(N)c(C#N)c3cnc4c(c32)C(=O)N(C2CC2)C4)c1C. The second-order valence-corrected chi connectivity index (χ2v) is 7.87. The second-order valence-electron chi connectivity index (χ2n) is 7.87. The van der Waals surface area contributed by atoms with Gasteiger partial charge in [0.15, 0.2) is 0 Å². The van der Waals surface area contributed by atoms with Crippen LogP contribution in [0.25, 0.3) is 16.6 Å². The Morgan fingerprint density at radius 3 is 2.70 bits per heavy atom. The normalized spacial score (nSPS) is 15.6. The molecule has 3 aromatic rings. The van der Waals surface area contributed by atoms with Crippen LogP contribution in [0, 0.1) is 31.0 Å². The molecule has 0 saturated heterocycles. The van der Waals surface area contributed by atoms with Crippen molar-refractivity contribution >= 4 is 22.6 Å². The molecule has 152 valence electrons. The molecular formula is C22H20FN5O2. The summed E-state index contributed by atoms with van der Waals surface area (Å²) in [6, 6.07) is 3.69. The molecule has 1 aliphatic heterocycles. The van der Waals surface area contributed by atoms with E-state index in [1.54, 1.807) is 24.6 Å². The first-order valence-corrected chi connectivity index (χ1v) is 9.75. The summed E-state index contributed by atoms with van der Waals surface area (Å²) in [6.45, 7) is 3.89. The van der Waals surface area contributed by atoms with Crippen LogP contribution in [0.3, 0.4) is 0 Å². The molecule has 0 unspecified atom stereocenters. The van der Waals surface area contributed by atoms with Crippen LogP contribution in [0.2, 0.25) is 0 Å². The number of nitrogens with zero attached hydrogens (tertiary/aromatic N) is 4. The Morgan fingerprint density at radius 1 is 1.33 bits per heavy atom. The lowest BCUT2D eigenvalue weighted by Gasteiger charge is -2.19. The van der Waals surface area contributed by atoms with E-state index in [0.717, 1.165) is 12.8 Å². The van der Waals surface area contributed by atoms with Gasteiger partial charge in [0.05, 0.1) is 36.1 Å². The smallest absolute Gasteiger partial charge is 0.258 e. The van der Waals surface area contributed by atoms with Gasteiger partial charge in [-0.25, -0.2) is 4.39 Å². The van der Waals surface area contributed by atoms with Crippen LogP contribution in [0.5, 0.6) is 5.75 Å². The summed E-state index contributed by atoms with van der Waals surface area (Å²) >= 11 is 0. The number of nitriles is 1. The number of pyridine rings is 1. The third kappa shape index (κ3) is 2.29. The first-order chi connectivity index (χ1) is 14.4. The minimum absolute atomic E-state index is 0.118. The Bertz CT molecular complexity index is 1300. The van der Waals surface area contributed by atoms with Crippen LogP contribution in [0.4, 0.5) is 10.2 Å². The zero-order chi connectivity index (χ0) is 21.3. The van der Waals surface area contributed by atoms with E-state index in [1.807, 2.05) is 4.90 Å². The number of aromatic nitrogens is 2. The average molecular weight is 405 g/mol. The lowest BCUT2D eigenvalue weighted by Crippen LogP contribution is -2.26. The van der Waals surface area contributed by atoms with Crippen molar-refractivity contribution in [3.8, 4) is 17.5 Å². The number of carbonyl (C=O) groups is 1. The predicted molar refractivity (Wildman–Crippen MR) is 109 cm³/mol. The quantitative estimate of drug-likeness (QED) is 0.721. The van der Waals surface area contributed by atoms with Crippen molar-refractivity contribution in [2.24, 2.45) is 0 Å². The van der Waals surface area contributed by atoms with Gasteiger partial charge >= 0.3 is 0 Å². The minimum atomic E-state index is -0.455. The third-order valence-electron chi connectivity index (χ3n) is 6.15. The van der Waals surface area contributed by atoms with Crippen LogP contribution in [-0.2, 0) is 6.54 Å². The lowest BCUT2D eigenvalue weighted by atomic mass is 10.1. The van der Waals surface area contributed by atoms with Crippen LogP contribution < -0.4 is 10.5 Å². The van der Waals surface area contributed by atoms with E-state index < -0.39 is 5.82 Å². The van der Waals surface area contributed by atoms with Gasteiger partial charge in [-0.05, 0) is 26.7 Å². The van der Waals surface area contributed by atoms with E-state index in [0.29, 0.717) is 51.3 Å². The first kappa shape index (κ1) is 18.4. The standard InChI is InChI=1S/C22H20FN5O2/c1-10-15(23)6-17(30-3)11(2)19(10)28-20-14(13(7-24)21(28)25)8-26-16-9-27(12-4-5-12)22(29)18(16)20/h6,8,12H,4-5,9,25H2,1-3H3. The molecule has 2 aromatic heterocycles. The molecule has 0 bridgehead atoms. The number of methoxy groups -OCH3 is 1. The zero-order valence-corrected chi connectivity index (χ0v) is 16.9.